The van der Waals surface area contributed by atoms with Gasteiger partial charge in [0.15, 0.2) is 0 Å². The van der Waals surface area contributed by atoms with Gasteiger partial charge in [0, 0.05) is 11.8 Å². The number of hydrogen-bond acceptors (Lipinski definition) is 3. The zero-order valence-electron chi connectivity index (χ0n) is 8.55. The van der Waals surface area contributed by atoms with Crippen molar-refractivity contribution >= 4 is 17.7 Å². The summed E-state index contributed by atoms with van der Waals surface area (Å²) in [7, 11) is 0. The van der Waals surface area contributed by atoms with Gasteiger partial charge in [0.05, 0.1) is 6.07 Å². The predicted molar refractivity (Wildman–Crippen MR) is 55.4 cm³/mol. The second-order valence-electron chi connectivity index (χ2n) is 3.49. The number of amides is 1. The lowest BCUT2D eigenvalue weighted by atomic mass is 9.95. The molecule has 0 spiro atoms. The van der Waals surface area contributed by atoms with Crippen molar-refractivity contribution in [2.45, 2.75) is 26.0 Å². The third kappa shape index (κ3) is 4.18. The Kier molecular flexibility index (Phi) is 4.86. The highest BCUT2D eigenvalue weighted by atomic mass is 32.2. The first-order chi connectivity index (χ1) is 5.94. The molecule has 0 aliphatic heterocycles. The van der Waals surface area contributed by atoms with Crippen LogP contribution in [-0.4, -0.2) is 24.0 Å². The molecule has 1 atom stereocenters. The summed E-state index contributed by atoms with van der Waals surface area (Å²) >= 11 is 1.69. The smallest absolute Gasteiger partial charge is 0.239 e. The van der Waals surface area contributed by atoms with Crippen LogP contribution in [0, 0.1) is 16.7 Å². The number of nitriles is 1. The van der Waals surface area contributed by atoms with Gasteiger partial charge in [-0.1, -0.05) is 6.92 Å². The molecule has 0 aliphatic rings. The van der Waals surface area contributed by atoms with Crippen molar-refractivity contribution in [3.63, 3.8) is 0 Å². The molecular weight excluding hydrogens is 184 g/mol. The van der Waals surface area contributed by atoms with E-state index in [1.807, 2.05) is 19.2 Å². The molecule has 0 heterocycles. The molecule has 4 heteroatoms. The first-order valence-corrected chi connectivity index (χ1v) is 5.45. The number of rotatable bonds is 4. The van der Waals surface area contributed by atoms with E-state index < -0.39 is 5.41 Å². The Morgan fingerprint density at radius 3 is 2.62 bits per heavy atom. The molecule has 0 aromatic heterocycles. The Hall–Kier alpha value is -0.690. The van der Waals surface area contributed by atoms with E-state index >= 15 is 0 Å². The van der Waals surface area contributed by atoms with E-state index in [0.717, 1.165) is 0 Å². The van der Waals surface area contributed by atoms with E-state index in [0.29, 0.717) is 11.8 Å². The van der Waals surface area contributed by atoms with Gasteiger partial charge in [-0.05, 0) is 20.1 Å². The van der Waals surface area contributed by atoms with Gasteiger partial charge < -0.3 is 5.32 Å². The van der Waals surface area contributed by atoms with Gasteiger partial charge in [0.1, 0.15) is 5.41 Å². The van der Waals surface area contributed by atoms with E-state index in [2.05, 4.69) is 5.32 Å². The van der Waals surface area contributed by atoms with Gasteiger partial charge in [0.2, 0.25) is 5.91 Å². The minimum absolute atomic E-state index is 0.198. The molecule has 1 amide bonds. The average molecular weight is 200 g/mol. The molecule has 0 bridgehead atoms. The van der Waals surface area contributed by atoms with E-state index in [4.69, 9.17) is 5.26 Å². The topological polar surface area (TPSA) is 52.9 Å². The summed E-state index contributed by atoms with van der Waals surface area (Å²) in [6.45, 7) is 5.88. The normalized spacial score (nSPS) is 13.2. The van der Waals surface area contributed by atoms with Crippen LogP contribution in [0.4, 0.5) is 0 Å². The minimum Gasteiger partial charge on any atom is -0.354 e. The molecule has 13 heavy (non-hydrogen) atoms. The fourth-order valence-corrected chi connectivity index (χ4v) is 0.842. The summed E-state index contributed by atoms with van der Waals surface area (Å²) in [5, 5.41) is 11.8. The SMILES string of the molecule is CSC(C)CNC(=O)C(C)(C)C#N. The zero-order chi connectivity index (χ0) is 10.5. The van der Waals surface area contributed by atoms with Crippen LogP contribution in [0.15, 0.2) is 0 Å². The Balaban J connectivity index is 3.97. The molecule has 0 fully saturated rings. The first-order valence-electron chi connectivity index (χ1n) is 4.16. The second-order valence-corrected chi connectivity index (χ2v) is 4.77. The van der Waals surface area contributed by atoms with Crippen LogP contribution in [0.3, 0.4) is 0 Å². The maximum absolute atomic E-state index is 11.4. The van der Waals surface area contributed by atoms with Crippen molar-refractivity contribution in [3.05, 3.63) is 0 Å². The molecule has 0 aromatic rings. The number of carbonyl (C=O) groups excluding carboxylic acids is 1. The molecule has 3 nitrogen and oxygen atoms in total. The van der Waals surface area contributed by atoms with Gasteiger partial charge in [-0.15, -0.1) is 0 Å². The Morgan fingerprint density at radius 2 is 2.23 bits per heavy atom. The summed E-state index contributed by atoms with van der Waals surface area (Å²) in [4.78, 5) is 11.4. The maximum atomic E-state index is 11.4. The van der Waals surface area contributed by atoms with Gasteiger partial charge >= 0.3 is 0 Å². The van der Waals surface area contributed by atoms with Crippen LogP contribution in [0.5, 0.6) is 0 Å². The third-order valence-electron chi connectivity index (χ3n) is 1.80. The molecule has 0 saturated heterocycles. The van der Waals surface area contributed by atoms with Gasteiger partial charge in [0.25, 0.3) is 0 Å². The molecule has 0 aliphatic carbocycles. The van der Waals surface area contributed by atoms with Crippen LogP contribution >= 0.6 is 11.8 Å². The highest BCUT2D eigenvalue weighted by Gasteiger charge is 2.26. The summed E-state index contributed by atoms with van der Waals surface area (Å²) in [5.41, 5.74) is -0.919. The van der Waals surface area contributed by atoms with E-state index in [1.54, 1.807) is 25.6 Å². The zero-order valence-corrected chi connectivity index (χ0v) is 9.36. The summed E-state index contributed by atoms with van der Waals surface area (Å²) in [6.07, 6.45) is 1.99. The number of nitrogens with zero attached hydrogens (tertiary/aromatic N) is 1. The highest BCUT2D eigenvalue weighted by Crippen LogP contribution is 2.13. The first kappa shape index (κ1) is 12.3. The molecule has 0 radical (unpaired) electrons. The van der Waals surface area contributed by atoms with E-state index in [9.17, 15) is 4.79 Å². The van der Waals surface area contributed by atoms with Crippen LogP contribution < -0.4 is 5.32 Å². The Bertz CT molecular complexity index is 220. The Labute approximate surface area is 83.9 Å². The van der Waals surface area contributed by atoms with Gasteiger partial charge in [-0.3, -0.25) is 4.79 Å². The number of thioether (sulfide) groups is 1. The molecule has 0 saturated carbocycles. The standard InChI is InChI=1S/C9H16N2OS/c1-7(13-4)5-11-8(12)9(2,3)6-10/h7H,5H2,1-4H3,(H,11,12). The van der Waals surface area contributed by atoms with Crippen molar-refractivity contribution < 1.29 is 4.79 Å². The Morgan fingerprint density at radius 1 is 1.69 bits per heavy atom. The molecular formula is C9H16N2OS. The van der Waals surface area contributed by atoms with Crippen LogP contribution in [0.1, 0.15) is 20.8 Å². The maximum Gasteiger partial charge on any atom is 0.239 e. The van der Waals surface area contributed by atoms with Crippen molar-refractivity contribution in [1.29, 1.82) is 5.26 Å². The quantitative estimate of drug-likeness (QED) is 0.746. The van der Waals surface area contributed by atoms with E-state index in [1.165, 1.54) is 0 Å². The average Bonchev–Trinajstić information content (AvgIpc) is 2.13. The van der Waals surface area contributed by atoms with E-state index in [-0.39, 0.29) is 5.91 Å². The minimum atomic E-state index is -0.919. The predicted octanol–water partition coefficient (Wildman–Crippen LogP) is 1.40. The van der Waals surface area contributed by atoms with Gasteiger partial charge in [-0.2, -0.15) is 17.0 Å². The third-order valence-corrected chi connectivity index (χ3v) is 2.77. The number of carbonyl (C=O) groups is 1. The largest absolute Gasteiger partial charge is 0.354 e. The number of hydrogen-bond donors (Lipinski definition) is 1. The molecule has 1 unspecified atom stereocenters. The van der Waals surface area contributed by atoms with Crippen LogP contribution in [-0.2, 0) is 4.79 Å². The second kappa shape index (κ2) is 5.13. The lowest BCUT2D eigenvalue weighted by Gasteiger charge is -2.16. The summed E-state index contributed by atoms with van der Waals surface area (Å²) < 4.78 is 0. The molecule has 0 rings (SSSR count). The van der Waals surface area contributed by atoms with Crippen molar-refractivity contribution in [2.24, 2.45) is 5.41 Å². The fourth-order valence-electron chi connectivity index (χ4n) is 0.592. The van der Waals surface area contributed by atoms with Crippen LogP contribution in [0.2, 0.25) is 0 Å². The van der Waals surface area contributed by atoms with Crippen molar-refractivity contribution in [2.75, 3.05) is 12.8 Å². The molecule has 0 aromatic carbocycles. The summed E-state index contributed by atoms with van der Waals surface area (Å²) in [6, 6.07) is 1.96. The van der Waals surface area contributed by atoms with Crippen molar-refractivity contribution in [1.82, 2.24) is 5.32 Å². The van der Waals surface area contributed by atoms with Crippen molar-refractivity contribution in [3.8, 4) is 6.07 Å². The summed E-state index contributed by atoms with van der Waals surface area (Å²) in [5.74, 6) is -0.198. The highest BCUT2D eigenvalue weighted by molar-refractivity contribution is 7.99. The number of nitrogens with one attached hydrogen (secondary N) is 1. The van der Waals surface area contributed by atoms with Crippen LogP contribution in [0.25, 0.3) is 0 Å². The monoisotopic (exact) mass is 200 g/mol. The molecule has 74 valence electrons. The fraction of sp³-hybridized carbons (Fsp3) is 0.778. The lowest BCUT2D eigenvalue weighted by molar-refractivity contribution is -0.126. The molecule has 1 N–H and O–H groups in total. The lowest BCUT2D eigenvalue weighted by Crippen LogP contribution is -2.38. The van der Waals surface area contributed by atoms with Gasteiger partial charge in [-0.25, -0.2) is 0 Å².